The predicted octanol–water partition coefficient (Wildman–Crippen LogP) is 4.97. The lowest BCUT2D eigenvalue weighted by Crippen LogP contribution is -1.94. The van der Waals surface area contributed by atoms with Crippen molar-refractivity contribution >= 4 is 28.8 Å². The molecule has 0 spiro atoms. The SMILES string of the molecule is COc1ccc(/C(=C/C#N)c2cc(Cl)ccc2Cl)cc1OC. The summed E-state index contributed by atoms with van der Waals surface area (Å²) in [6.07, 6.45) is 1.43. The summed E-state index contributed by atoms with van der Waals surface area (Å²) in [7, 11) is 3.12. The molecule has 0 aliphatic carbocycles. The second kappa shape index (κ2) is 7.22. The third kappa shape index (κ3) is 3.36. The molecule has 2 aromatic carbocycles. The lowest BCUT2D eigenvalue weighted by Gasteiger charge is -2.13. The van der Waals surface area contributed by atoms with Crippen molar-refractivity contribution in [3.05, 3.63) is 63.6 Å². The molecule has 5 heteroatoms. The van der Waals surface area contributed by atoms with E-state index in [0.717, 1.165) is 5.56 Å². The Balaban J connectivity index is 2.61. The molecule has 112 valence electrons. The lowest BCUT2D eigenvalue weighted by molar-refractivity contribution is 0.355. The number of nitriles is 1. The van der Waals surface area contributed by atoms with Crippen molar-refractivity contribution < 1.29 is 9.47 Å². The molecule has 0 heterocycles. The van der Waals surface area contributed by atoms with Crippen LogP contribution in [0.1, 0.15) is 11.1 Å². The first-order valence-electron chi connectivity index (χ1n) is 6.38. The van der Waals surface area contributed by atoms with Crippen molar-refractivity contribution in [3.63, 3.8) is 0 Å². The van der Waals surface area contributed by atoms with Gasteiger partial charge in [-0.05, 0) is 35.9 Å². The Morgan fingerprint density at radius 2 is 1.77 bits per heavy atom. The van der Waals surface area contributed by atoms with E-state index in [9.17, 15) is 0 Å². The van der Waals surface area contributed by atoms with Gasteiger partial charge < -0.3 is 9.47 Å². The molecule has 0 unspecified atom stereocenters. The number of allylic oxidation sites excluding steroid dienone is 1. The maximum Gasteiger partial charge on any atom is 0.161 e. The van der Waals surface area contributed by atoms with Crippen LogP contribution < -0.4 is 9.47 Å². The number of hydrogen-bond donors (Lipinski definition) is 0. The number of ether oxygens (including phenoxy) is 2. The van der Waals surface area contributed by atoms with Gasteiger partial charge in [-0.1, -0.05) is 29.3 Å². The number of nitrogens with zero attached hydrogens (tertiary/aromatic N) is 1. The summed E-state index contributed by atoms with van der Waals surface area (Å²) >= 11 is 12.3. The van der Waals surface area contributed by atoms with E-state index >= 15 is 0 Å². The Labute approximate surface area is 139 Å². The minimum absolute atomic E-state index is 0.515. The number of methoxy groups -OCH3 is 2. The summed E-state index contributed by atoms with van der Waals surface area (Å²) in [6, 6.07) is 12.6. The van der Waals surface area contributed by atoms with E-state index in [1.807, 2.05) is 12.1 Å². The minimum Gasteiger partial charge on any atom is -0.493 e. The Morgan fingerprint density at radius 3 is 2.41 bits per heavy atom. The van der Waals surface area contributed by atoms with E-state index in [4.69, 9.17) is 37.9 Å². The predicted molar refractivity (Wildman–Crippen MR) is 88.7 cm³/mol. The van der Waals surface area contributed by atoms with Gasteiger partial charge in [-0.15, -0.1) is 0 Å². The fourth-order valence-electron chi connectivity index (χ4n) is 2.09. The zero-order valence-electron chi connectivity index (χ0n) is 12.1. The molecule has 0 amide bonds. The van der Waals surface area contributed by atoms with Crippen molar-refractivity contribution in [2.75, 3.05) is 14.2 Å². The molecule has 2 rings (SSSR count). The van der Waals surface area contributed by atoms with Crippen molar-refractivity contribution in [1.82, 2.24) is 0 Å². The highest BCUT2D eigenvalue weighted by Gasteiger charge is 2.13. The number of halogens is 2. The zero-order chi connectivity index (χ0) is 16.1. The Kier molecular flexibility index (Phi) is 5.32. The van der Waals surface area contributed by atoms with Crippen molar-refractivity contribution in [3.8, 4) is 17.6 Å². The Hall–Kier alpha value is -2.15. The van der Waals surface area contributed by atoms with E-state index < -0.39 is 0 Å². The van der Waals surface area contributed by atoms with Crippen LogP contribution in [-0.4, -0.2) is 14.2 Å². The molecule has 0 fully saturated rings. The molecule has 22 heavy (non-hydrogen) atoms. The average Bonchev–Trinajstić information content (AvgIpc) is 2.54. The van der Waals surface area contributed by atoms with Gasteiger partial charge in [0.05, 0.1) is 20.3 Å². The molecular weight excluding hydrogens is 321 g/mol. The standard InChI is InChI=1S/C17H13Cl2NO2/c1-21-16-6-3-11(9-17(16)22-2)13(7-8-20)14-10-12(18)4-5-15(14)19/h3-7,9-10H,1-2H3/b13-7-. The van der Waals surface area contributed by atoms with Crippen LogP contribution in [0.2, 0.25) is 10.0 Å². The summed E-state index contributed by atoms with van der Waals surface area (Å²) in [5.74, 6) is 1.18. The van der Waals surface area contributed by atoms with Gasteiger partial charge in [-0.2, -0.15) is 5.26 Å². The van der Waals surface area contributed by atoms with Crippen LogP contribution in [0, 0.1) is 11.3 Å². The zero-order valence-corrected chi connectivity index (χ0v) is 13.6. The van der Waals surface area contributed by atoms with Crippen molar-refractivity contribution in [2.45, 2.75) is 0 Å². The maximum absolute atomic E-state index is 9.09. The number of hydrogen-bond acceptors (Lipinski definition) is 3. The summed E-state index contributed by atoms with van der Waals surface area (Å²) in [6.45, 7) is 0. The molecule has 2 aromatic rings. The number of benzene rings is 2. The van der Waals surface area contributed by atoms with Crippen LogP contribution >= 0.6 is 23.2 Å². The topological polar surface area (TPSA) is 42.2 Å². The molecule has 0 N–H and O–H groups in total. The molecule has 0 radical (unpaired) electrons. The highest BCUT2D eigenvalue weighted by molar-refractivity contribution is 6.34. The Morgan fingerprint density at radius 1 is 1.05 bits per heavy atom. The van der Waals surface area contributed by atoms with Crippen LogP contribution in [0.15, 0.2) is 42.5 Å². The third-order valence-corrected chi connectivity index (χ3v) is 3.69. The first-order valence-corrected chi connectivity index (χ1v) is 7.14. The smallest absolute Gasteiger partial charge is 0.161 e. The van der Waals surface area contributed by atoms with E-state index in [1.54, 1.807) is 44.6 Å². The third-order valence-electron chi connectivity index (χ3n) is 3.12. The molecule has 0 bridgehead atoms. The highest BCUT2D eigenvalue weighted by Crippen LogP contribution is 2.35. The van der Waals surface area contributed by atoms with Crippen LogP contribution in [0.4, 0.5) is 0 Å². The van der Waals surface area contributed by atoms with Gasteiger partial charge in [0.2, 0.25) is 0 Å². The van der Waals surface area contributed by atoms with Crippen LogP contribution in [0.25, 0.3) is 5.57 Å². The van der Waals surface area contributed by atoms with Crippen molar-refractivity contribution in [1.29, 1.82) is 5.26 Å². The van der Waals surface area contributed by atoms with Crippen LogP contribution in [0.3, 0.4) is 0 Å². The Bertz CT molecular complexity index is 764. The van der Waals surface area contributed by atoms with Gasteiger partial charge in [0, 0.05) is 27.3 Å². The molecular formula is C17H13Cl2NO2. The monoisotopic (exact) mass is 333 g/mol. The summed E-state index contributed by atoms with van der Waals surface area (Å²) in [5.41, 5.74) is 2.13. The van der Waals surface area contributed by atoms with Gasteiger partial charge in [-0.3, -0.25) is 0 Å². The van der Waals surface area contributed by atoms with E-state index in [1.165, 1.54) is 6.08 Å². The van der Waals surface area contributed by atoms with E-state index in [0.29, 0.717) is 32.7 Å². The van der Waals surface area contributed by atoms with Gasteiger partial charge in [0.25, 0.3) is 0 Å². The molecule has 0 saturated heterocycles. The second-order valence-corrected chi connectivity index (χ2v) is 5.22. The van der Waals surface area contributed by atoms with Gasteiger partial charge in [0.1, 0.15) is 0 Å². The van der Waals surface area contributed by atoms with Gasteiger partial charge in [-0.25, -0.2) is 0 Å². The molecule has 0 atom stereocenters. The summed E-state index contributed by atoms with van der Waals surface area (Å²) < 4.78 is 10.5. The van der Waals surface area contributed by atoms with Gasteiger partial charge >= 0.3 is 0 Å². The fourth-order valence-corrected chi connectivity index (χ4v) is 2.48. The first kappa shape index (κ1) is 16.2. The minimum atomic E-state index is 0.515. The molecule has 0 aliphatic rings. The first-order chi connectivity index (χ1) is 10.6. The molecule has 3 nitrogen and oxygen atoms in total. The highest BCUT2D eigenvalue weighted by atomic mass is 35.5. The fraction of sp³-hybridized carbons (Fsp3) is 0.118. The van der Waals surface area contributed by atoms with E-state index in [2.05, 4.69) is 0 Å². The van der Waals surface area contributed by atoms with Gasteiger partial charge in [0.15, 0.2) is 11.5 Å². The lowest BCUT2D eigenvalue weighted by atomic mass is 9.97. The molecule has 0 aromatic heterocycles. The van der Waals surface area contributed by atoms with Crippen LogP contribution in [0.5, 0.6) is 11.5 Å². The second-order valence-electron chi connectivity index (χ2n) is 4.38. The van der Waals surface area contributed by atoms with E-state index in [-0.39, 0.29) is 0 Å². The number of rotatable bonds is 4. The average molecular weight is 334 g/mol. The van der Waals surface area contributed by atoms with Crippen molar-refractivity contribution in [2.24, 2.45) is 0 Å². The maximum atomic E-state index is 9.09. The summed E-state index contributed by atoms with van der Waals surface area (Å²) in [4.78, 5) is 0. The largest absolute Gasteiger partial charge is 0.493 e. The quantitative estimate of drug-likeness (QED) is 0.742. The molecule has 0 aliphatic heterocycles. The normalized spacial score (nSPS) is 11.0. The summed E-state index contributed by atoms with van der Waals surface area (Å²) in [5, 5.41) is 10.1. The molecule has 0 saturated carbocycles. The van der Waals surface area contributed by atoms with Crippen LogP contribution in [-0.2, 0) is 0 Å².